The molecule has 0 unspecified atom stereocenters. The second-order valence-electron chi connectivity index (χ2n) is 12.8. The number of aliphatic hydroxyl groups is 1. The summed E-state index contributed by atoms with van der Waals surface area (Å²) in [5.41, 5.74) is 7.45. The fourth-order valence-electron chi connectivity index (χ4n) is 7.24. The van der Waals surface area contributed by atoms with Crippen LogP contribution in [0.1, 0.15) is 110 Å². The highest BCUT2D eigenvalue weighted by molar-refractivity contribution is 5.71. The van der Waals surface area contributed by atoms with Gasteiger partial charge in [-0.25, -0.2) is 0 Å². The SMILES string of the molecule is CCCCCC/C=C\C[C@H](CCC(C)C)C[C@@H]1CC[C@H](Cc2ccccc2)[C@H]([C@H](C(=O)O)[C@H](C)O)[C@H]1CCN. The second-order valence-corrected chi connectivity index (χ2v) is 12.8. The Morgan fingerprint density at radius 1 is 1.03 bits per heavy atom. The van der Waals surface area contributed by atoms with E-state index in [1.807, 2.05) is 6.07 Å². The molecule has 1 aromatic carbocycles. The lowest BCUT2D eigenvalue weighted by molar-refractivity contribution is -0.153. The van der Waals surface area contributed by atoms with Crippen molar-refractivity contribution in [2.45, 2.75) is 117 Å². The molecule has 1 saturated carbocycles. The number of carbonyl (C=O) groups is 1. The molecule has 0 heterocycles. The molecule has 1 aliphatic rings. The number of hydrogen-bond acceptors (Lipinski definition) is 3. The standard InChI is InChI=1S/C35H59NO3/c1-5-6-7-8-9-10-12-17-29(19-18-26(2)3)24-30-20-21-31(25-28-15-13-11-14-16-28)34(32(30)22-23-36)33(27(4)37)35(38)39/h10-16,26-27,29-34,37H,5-9,17-25,36H2,1-4H3,(H,38,39)/b12-10-/t27-,29+,30-,31+,32-,33+,34-/m0/s1. The smallest absolute Gasteiger partial charge is 0.309 e. The van der Waals surface area contributed by atoms with Crippen molar-refractivity contribution >= 4 is 5.97 Å². The summed E-state index contributed by atoms with van der Waals surface area (Å²) in [6, 6.07) is 10.5. The van der Waals surface area contributed by atoms with Crippen LogP contribution >= 0.6 is 0 Å². The van der Waals surface area contributed by atoms with Gasteiger partial charge in [-0.1, -0.05) is 88.9 Å². The maximum absolute atomic E-state index is 12.6. The third-order valence-electron chi connectivity index (χ3n) is 9.26. The second kappa shape index (κ2) is 18.7. The van der Waals surface area contributed by atoms with E-state index in [9.17, 15) is 15.0 Å². The van der Waals surface area contributed by atoms with Crippen molar-refractivity contribution in [1.29, 1.82) is 0 Å². The number of hydrogen-bond donors (Lipinski definition) is 3. The van der Waals surface area contributed by atoms with Gasteiger partial charge in [0.05, 0.1) is 12.0 Å². The molecule has 1 fully saturated rings. The van der Waals surface area contributed by atoms with Crippen LogP contribution in [-0.4, -0.2) is 28.8 Å². The molecular formula is C35H59NO3. The molecule has 222 valence electrons. The van der Waals surface area contributed by atoms with Crippen LogP contribution in [0.2, 0.25) is 0 Å². The van der Waals surface area contributed by atoms with Crippen LogP contribution in [-0.2, 0) is 11.2 Å². The number of carboxylic acids is 1. The van der Waals surface area contributed by atoms with Crippen molar-refractivity contribution in [2.75, 3.05) is 6.54 Å². The van der Waals surface area contributed by atoms with E-state index in [0.29, 0.717) is 24.3 Å². The average molecular weight is 542 g/mol. The number of nitrogens with two attached hydrogens (primary N) is 1. The van der Waals surface area contributed by atoms with E-state index in [1.54, 1.807) is 6.92 Å². The molecule has 0 amide bonds. The highest BCUT2D eigenvalue weighted by atomic mass is 16.4. The number of carboxylic acid groups (broad SMARTS) is 1. The lowest BCUT2D eigenvalue weighted by Crippen LogP contribution is -2.47. The van der Waals surface area contributed by atoms with E-state index < -0.39 is 18.0 Å². The number of rotatable bonds is 19. The van der Waals surface area contributed by atoms with E-state index in [2.05, 4.69) is 57.2 Å². The molecule has 7 atom stereocenters. The van der Waals surface area contributed by atoms with Gasteiger partial charge in [0.2, 0.25) is 0 Å². The summed E-state index contributed by atoms with van der Waals surface area (Å²) in [7, 11) is 0. The van der Waals surface area contributed by atoms with Gasteiger partial charge in [0.15, 0.2) is 0 Å². The third kappa shape index (κ3) is 11.8. The number of unbranched alkanes of at least 4 members (excludes halogenated alkanes) is 4. The topological polar surface area (TPSA) is 83.5 Å². The van der Waals surface area contributed by atoms with Gasteiger partial charge in [-0.3, -0.25) is 4.79 Å². The molecule has 4 nitrogen and oxygen atoms in total. The Morgan fingerprint density at radius 2 is 1.74 bits per heavy atom. The van der Waals surface area contributed by atoms with Crippen molar-refractivity contribution in [3.63, 3.8) is 0 Å². The molecule has 4 heteroatoms. The third-order valence-corrected chi connectivity index (χ3v) is 9.26. The van der Waals surface area contributed by atoms with E-state index in [1.165, 1.54) is 50.5 Å². The van der Waals surface area contributed by atoms with Gasteiger partial charge in [-0.2, -0.15) is 0 Å². The Bertz CT molecular complexity index is 805. The van der Waals surface area contributed by atoms with Crippen LogP contribution < -0.4 is 5.73 Å². The highest BCUT2D eigenvalue weighted by Gasteiger charge is 2.47. The van der Waals surface area contributed by atoms with Crippen LogP contribution in [0.15, 0.2) is 42.5 Å². The zero-order chi connectivity index (χ0) is 28.6. The quantitative estimate of drug-likeness (QED) is 0.122. The number of aliphatic carboxylic acids is 1. The van der Waals surface area contributed by atoms with E-state index in [0.717, 1.165) is 38.5 Å². The molecule has 0 bridgehead atoms. The summed E-state index contributed by atoms with van der Waals surface area (Å²) in [4.78, 5) is 12.6. The first kappa shape index (κ1) is 33.6. The monoisotopic (exact) mass is 541 g/mol. The molecule has 1 aromatic rings. The summed E-state index contributed by atoms with van der Waals surface area (Å²) < 4.78 is 0. The van der Waals surface area contributed by atoms with Crippen molar-refractivity contribution in [3.8, 4) is 0 Å². The van der Waals surface area contributed by atoms with E-state index >= 15 is 0 Å². The summed E-state index contributed by atoms with van der Waals surface area (Å²) in [5, 5.41) is 21.0. The van der Waals surface area contributed by atoms with Gasteiger partial charge >= 0.3 is 5.97 Å². The Labute approximate surface area is 239 Å². The normalized spacial score (nSPS) is 24.2. The number of allylic oxidation sites excluding steroid dienone is 2. The molecule has 0 aromatic heterocycles. The molecule has 4 N–H and O–H groups in total. The molecule has 0 radical (unpaired) electrons. The first-order valence-electron chi connectivity index (χ1n) is 16.1. The Morgan fingerprint density at radius 3 is 2.36 bits per heavy atom. The average Bonchev–Trinajstić information content (AvgIpc) is 2.89. The molecule has 1 aliphatic carbocycles. The zero-order valence-corrected chi connectivity index (χ0v) is 25.4. The van der Waals surface area contributed by atoms with Gasteiger partial charge < -0.3 is 15.9 Å². The van der Waals surface area contributed by atoms with Crippen molar-refractivity contribution < 1.29 is 15.0 Å². The lowest BCUT2D eigenvalue weighted by atomic mass is 9.57. The minimum absolute atomic E-state index is 0.0649. The summed E-state index contributed by atoms with van der Waals surface area (Å²) >= 11 is 0. The van der Waals surface area contributed by atoms with E-state index in [-0.39, 0.29) is 17.8 Å². The summed E-state index contributed by atoms with van der Waals surface area (Å²) in [6.45, 7) is 9.10. The predicted octanol–water partition coefficient (Wildman–Crippen LogP) is 8.28. The van der Waals surface area contributed by atoms with Crippen LogP contribution in [0.3, 0.4) is 0 Å². The lowest BCUT2D eigenvalue weighted by Gasteiger charge is -2.47. The summed E-state index contributed by atoms with van der Waals surface area (Å²) in [5.74, 6) is 0.553. The van der Waals surface area contributed by atoms with Crippen molar-refractivity contribution in [2.24, 2.45) is 47.2 Å². The van der Waals surface area contributed by atoms with Crippen LogP contribution in [0.4, 0.5) is 0 Å². The van der Waals surface area contributed by atoms with Crippen molar-refractivity contribution in [1.82, 2.24) is 0 Å². The highest BCUT2D eigenvalue weighted by Crippen LogP contribution is 2.49. The van der Waals surface area contributed by atoms with Gasteiger partial charge in [0.1, 0.15) is 0 Å². The van der Waals surface area contributed by atoms with E-state index in [4.69, 9.17) is 5.73 Å². The largest absolute Gasteiger partial charge is 0.481 e. The molecule has 0 aliphatic heterocycles. The molecule has 0 saturated heterocycles. The Balaban J connectivity index is 2.25. The molecule has 2 rings (SSSR count). The first-order valence-corrected chi connectivity index (χ1v) is 16.1. The summed E-state index contributed by atoms with van der Waals surface area (Å²) in [6.07, 6.45) is 18.9. The maximum Gasteiger partial charge on any atom is 0.309 e. The Kier molecular flexibility index (Phi) is 16.0. The predicted molar refractivity (Wildman–Crippen MR) is 165 cm³/mol. The number of benzene rings is 1. The van der Waals surface area contributed by atoms with Gasteiger partial charge in [0, 0.05) is 0 Å². The Hall–Kier alpha value is -1.65. The first-order chi connectivity index (χ1) is 18.8. The number of aliphatic hydroxyl groups excluding tert-OH is 1. The van der Waals surface area contributed by atoms with Gasteiger partial charge in [-0.15, -0.1) is 0 Å². The minimum Gasteiger partial charge on any atom is -0.481 e. The zero-order valence-electron chi connectivity index (χ0n) is 25.4. The molecular weight excluding hydrogens is 482 g/mol. The molecule has 0 spiro atoms. The van der Waals surface area contributed by atoms with Gasteiger partial charge in [0.25, 0.3) is 0 Å². The van der Waals surface area contributed by atoms with Gasteiger partial charge in [-0.05, 0) is 112 Å². The van der Waals surface area contributed by atoms with Crippen LogP contribution in [0, 0.1) is 41.4 Å². The van der Waals surface area contributed by atoms with Crippen LogP contribution in [0.25, 0.3) is 0 Å². The maximum atomic E-state index is 12.6. The molecule has 39 heavy (non-hydrogen) atoms. The van der Waals surface area contributed by atoms with Crippen LogP contribution in [0.5, 0.6) is 0 Å². The minimum atomic E-state index is -0.878. The fourth-order valence-corrected chi connectivity index (χ4v) is 7.24. The fraction of sp³-hybridized carbons (Fsp3) is 0.743. The van der Waals surface area contributed by atoms with Crippen molar-refractivity contribution in [3.05, 3.63) is 48.0 Å².